The number of carbonyl (C=O) groups is 2. The summed E-state index contributed by atoms with van der Waals surface area (Å²) in [5.41, 5.74) is 2.44. The van der Waals surface area contributed by atoms with Gasteiger partial charge < -0.3 is 30.3 Å². The number of ether oxygens (including phenoxy) is 1. The van der Waals surface area contributed by atoms with Crippen LogP contribution in [0.25, 0.3) is 11.1 Å². The molecule has 0 aliphatic rings. The van der Waals surface area contributed by atoms with E-state index in [1.54, 1.807) is 31.0 Å². The number of nitro benzene ring substituents is 1. The fourth-order valence-corrected chi connectivity index (χ4v) is 7.75. The second kappa shape index (κ2) is 21.2. The SMILES string of the molecule is COc1cc(CCN(C)CCN(C)C)ccc1-c1ccc(C(=O)NS(=O)(=O)c2ccc(N[C@H](CCCCNC(=O)O)CSc3ccccc3)c([N+](=O)[O-])c2)cc1. The van der Waals surface area contributed by atoms with Crippen LogP contribution in [0.4, 0.5) is 16.2 Å². The number of anilines is 1. The molecule has 0 unspecified atom stereocenters. The number of benzene rings is 4. The first-order valence-electron chi connectivity index (χ1n) is 18.1. The van der Waals surface area contributed by atoms with Gasteiger partial charge in [0.25, 0.3) is 21.6 Å². The van der Waals surface area contributed by atoms with Gasteiger partial charge in [0, 0.05) is 60.1 Å². The fourth-order valence-electron chi connectivity index (χ4n) is 5.77. The van der Waals surface area contributed by atoms with Crippen molar-refractivity contribution in [2.24, 2.45) is 0 Å². The van der Waals surface area contributed by atoms with E-state index in [0.29, 0.717) is 30.8 Å². The van der Waals surface area contributed by atoms with Crippen molar-refractivity contribution >= 4 is 45.2 Å². The highest BCUT2D eigenvalue weighted by Crippen LogP contribution is 2.32. The van der Waals surface area contributed by atoms with E-state index in [-0.39, 0.29) is 23.8 Å². The van der Waals surface area contributed by atoms with Crippen LogP contribution in [0.5, 0.6) is 5.75 Å². The standard InChI is InChI=1S/C40H50N6O8S2/c1-44(2)24-25-45(3)23-21-29-13-19-35(38(26-29)54-4)30-14-16-31(17-15-30)39(47)43-56(52,53)34-18-20-36(37(27-34)46(50)51)42-32(10-8-9-22-41-40(48)49)28-55-33-11-6-5-7-12-33/h5-7,11-20,26-27,32,41-42H,8-10,21-25,28H2,1-4H3,(H,43,47)(H,48,49)/t32-/m1/s1. The van der Waals surface area contributed by atoms with Crippen molar-refractivity contribution < 1.29 is 32.8 Å². The van der Waals surface area contributed by atoms with Gasteiger partial charge in [-0.1, -0.05) is 42.5 Å². The molecule has 4 aromatic rings. The lowest BCUT2D eigenvalue weighted by atomic mass is 10.00. The summed E-state index contributed by atoms with van der Waals surface area (Å²) in [6, 6.07) is 25.2. The molecule has 0 saturated carbocycles. The molecule has 0 spiro atoms. The van der Waals surface area contributed by atoms with E-state index in [4.69, 9.17) is 9.84 Å². The maximum Gasteiger partial charge on any atom is 0.404 e. The molecule has 0 fully saturated rings. The van der Waals surface area contributed by atoms with Gasteiger partial charge >= 0.3 is 6.09 Å². The molecule has 4 rings (SSSR count). The lowest BCUT2D eigenvalue weighted by Crippen LogP contribution is -2.30. The Kier molecular flexibility index (Phi) is 16.5. The number of thioether (sulfide) groups is 1. The largest absolute Gasteiger partial charge is 0.496 e. The van der Waals surface area contributed by atoms with Crippen molar-refractivity contribution in [3.05, 3.63) is 112 Å². The number of rotatable bonds is 22. The average molecular weight is 807 g/mol. The van der Waals surface area contributed by atoms with E-state index in [1.807, 2.05) is 67.3 Å². The Hall–Kier alpha value is -5.16. The summed E-state index contributed by atoms with van der Waals surface area (Å²) in [4.78, 5) is 40.5. The van der Waals surface area contributed by atoms with Crippen molar-refractivity contribution in [1.82, 2.24) is 19.8 Å². The lowest BCUT2D eigenvalue weighted by molar-refractivity contribution is -0.384. The minimum Gasteiger partial charge on any atom is -0.496 e. The number of nitrogens with one attached hydrogen (secondary N) is 3. The third kappa shape index (κ3) is 13.5. The number of unbranched alkanes of at least 4 members (excludes halogenated alkanes) is 1. The maximum atomic E-state index is 13.4. The zero-order chi connectivity index (χ0) is 40.7. The molecular weight excluding hydrogens is 757 g/mol. The van der Waals surface area contributed by atoms with Crippen LogP contribution in [-0.4, -0.2) is 106 Å². The Labute approximate surface area is 332 Å². The molecule has 0 radical (unpaired) electrons. The van der Waals surface area contributed by atoms with E-state index >= 15 is 0 Å². The van der Waals surface area contributed by atoms with Gasteiger partial charge in [0.05, 0.1) is 16.9 Å². The third-order valence-corrected chi connectivity index (χ3v) is 11.5. The minimum absolute atomic E-state index is 0.0822. The van der Waals surface area contributed by atoms with Crippen molar-refractivity contribution in [1.29, 1.82) is 0 Å². The summed E-state index contributed by atoms with van der Waals surface area (Å²) >= 11 is 1.55. The second-order valence-electron chi connectivity index (χ2n) is 13.5. The highest BCUT2D eigenvalue weighted by atomic mass is 32.2. The Morgan fingerprint density at radius 3 is 2.32 bits per heavy atom. The number of nitro groups is 1. The first-order chi connectivity index (χ1) is 26.7. The van der Waals surface area contributed by atoms with E-state index in [1.165, 1.54) is 24.3 Å². The fraction of sp³-hybridized carbons (Fsp3) is 0.350. The van der Waals surface area contributed by atoms with Gasteiger partial charge in [0.2, 0.25) is 0 Å². The van der Waals surface area contributed by atoms with E-state index < -0.39 is 37.5 Å². The van der Waals surface area contributed by atoms with Crippen LogP contribution in [0.15, 0.2) is 101 Å². The molecule has 0 saturated heterocycles. The van der Waals surface area contributed by atoms with Gasteiger partial charge in [-0.3, -0.25) is 14.9 Å². The van der Waals surface area contributed by atoms with Crippen LogP contribution in [0, 0.1) is 10.1 Å². The van der Waals surface area contributed by atoms with Gasteiger partial charge in [-0.2, -0.15) is 0 Å². The first kappa shape index (κ1) is 43.6. The highest BCUT2D eigenvalue weighted by Gasteiger charge is 2.25. The number of carbonyl (C=O) groups excluding carboxylic acids is 1. The number of sulfonamides is 1. The quantitative estimate of drug-likeness (QED) is 0.0296. The summed E-state index contributed by atoms with van der Waals surface area (Å²) in [5, 5.41) is 26.6. The van der Waals surface area contributed by atoms with Gasteiger partial charge in [-0.05, 0) is 100 Å². The summed E-state index contributed by atoms with van der Waals surface area (Å²) < 4.78 is 34.4. The molecule has 0 aliphatic carbocycles. The summed E-state index contributed by atoms with van der Waals surface area (Å²) in [5.74, 6) is 0.320. The zero-order valence-electron chi connectivity index (χ0n) is 32.1. The predicted molar refractivity (Wildman–Crippen MR) is 220 cm³/mol. The third-order valence-electron chi connectivity index (χ3n) is 8.95. The summed E-state index contributed by atoms with van der Waals surface area (Å²) in [6.45, 7) is 3.10. The molecule has 4 N–H and O–H groups in total. The first-order valence-corrected chi connectivity index (χ1v) is 20.6. The molecule has 2 amide bonds. The van der Waals surface area contributed by atoms with Gasteiger partial charge in [0.1, 0.15) is 11.4 Å². The Morgan fingerprint density at radius 2 is 1.66 bits per heavy atom. The number of likely N-dealkylation sites (N-methyl/N-ethyl adjacent to an activating group) is 2. The Balaban J connectivity index is 1.44. The van der Waals surface area contributed by atoms with Crippen LogP contribution >= 0.6 is 11.8 Å². The summed E-state index contributed by atoms with van der Waals surface area (Å²) in [6.07, 6.45) is 1.51. The number of amides is 2. The lowest BCUT2D eigenvalue weighted by Gasteiger charge is -2.20. The molecule has 56 heavy (non-hydrogen) atoms. The molecular formula is C40H50N6O8S2. The molecule has 0 bridgehead atoms. The second-order valence-corrected chi connectivity index (χ2v) is 16.3. The van der Waals surface area contributed by atoms with Crippen molar-refractivity contribution in [3.8, 4) is 16.9 Å². The summed E-state index contributed by atoms with van der Waals surface area (Å²) in [7, 11) is 3.29. The van der Waals surface area contributed by atoms with Gasteiger partial charge in [-0.15, -0.1) is 11.8 Å². The van der Waals surface area contributed by atoms with Crippen LogP contribution in [0.1, 0.15) is 35.2 Å². The molecule has 16 heteroatoms. The van der Waals surface area contributed by atoms with Crippen LogP contribution in [0.2, 0.25) is 0 Å². The molecule has 1 atom stereocenters. The monoisotopic (exact) mass is 806 g/mol. The smallest absolute Gasteiger partial charge is 0.404 e. The zero-order valence-corrected chi connectivity index (χ0v) is 33.7. The van der Waals surface area contributed by atoms with Crippen LogP contribution in [-0.2, 0) is 16.4 Å². The Bertz CT molecular complexity index is 2030. The van der Waals surface area contributed by atoms with Crippen molar-refractivity contribution in [2.45, 2.75) is 41.5 Å². The molecule has 0 aromatic heterocycles. The van der Waals surface area contributed by atoms with E-state index in [9.17, 15) is 28.1 Å². The molecule has 4 aromatic carbocycles. The predicted octanol–water partition coefficient (Wildman–Crippen LogP) is 6.44. The average Bonchev–Trinajstić information content (AvgIpc) is 3.18. The normalized spacial score (nSPS) is 12.0. The molecule has 300 valence electrons. The molecule has 0 aliphatic heterocycles. The molecule has 0 heterocycles. The number of carboxylic acid groups (broad SMARTS) is 1. The number of methoxy groups -OCH3 is 1. The molecule has 14 nitrogen and oxygen atoms in total. The topological polar surface area (TPSA) is 183 Å². The van der Waals surface area contributed by atoms with Crippen LogP contribution < -0.4 is 20.1 Å². The number of nitrogens with zero attached hydrogens (tertiary/aromatic N) is 3. The number of hydrogen-bond acceptors (Lipinski definition) is 11. The maximum absolute atomic E-state index is 13.4. The number of hydrogen-bond donors (Lipinski definition) is 4. The highest BCUT2D eigenvalue weighted by molar-refractivity contribution is 7.99. The van der Waals surface area contributed by atoms with E-state index in [0.717, 1.165) is 53.7 Å². The van der Waals surface area contributed by atoms with Gasteiger partial charge in [-0.25, -0.2) is 17.9 Å². The van der Waals surface area contributed by atoms with Crippen molar-refractivity contribution in [2.75, 3.05) is 65.5 Å². The minimum atomic E-state index is -4.50. The van der Waals surface area contributed by atoms with Crippen LogP contribution in [0.3, 0.4) is 0 Å². The van der Waals surface area contributed by atoms with Crippen molar-refractivity contribution in [3.63, 3.8) is 0 Å². The van der Waals surface area contributed by atoms with Gasteiger partial charge in [0.15, 0.2) is 0 Å². The Morgan fingerprint density at radius 1 is 0.929 bits per heavy atom. The van der Waals surface area contributed by atoms with E-state index in [2.05, 4.69) is 27.5 Å².